The molecular formula is C19H18N4O2. The van der Waals surface area contributed by atoms with Crippen LogP contribution < -0.4 is 0 Å². The number of benzene rings is 2. The lowest BCUT2D eigenvalue weighted by molar-refractivity contribution is -0.136. The Morgan fingerprint density at radius 2 is 1.76 bits per heavy atom. The second-order valence-electron chi connectivity index (χ2n) is 5.32. The molecule has 0 spiro atoms. The van der Waals surface area contributed by atoms with Crippen LogP contribution in [-0.2, 0) is 16.0 Å². The van der Waals surface area contributed by atoms with E-state index < -0.39 is 5.97 Å². The fourth-order valence-corrected chi connectivity index (χ4v) is 2.30. The van der Waals surface area contributed by atoms with Crippen LogP contribution in [0, 0.1) is 0 Å². The number of carbonyl (C=O) groups is 1. The van der Waals surface area contributed by atoms with E-state index >= 15 is 0 Å². The first kappa shape index (κ1) is 16.6. The SMILES string of the molecule is CCOC(=O)/C(=C/c1ccccc1)n1nnc(Cc2ccccc2)n1. The number of esters is 1. The van der Waals surface area contributed by atoms with Gasteiger partial charge in [-0.25, -0.2) is 4.79 Å². The van der Waals surface area contributed by atoms with Gasteiger partial charge in [-0.3, -0.25) is 0 Å². The zero-order chi connectivity index (χ0) is 17.5. The molecule has 3 rings (SSSR count). The smallest absolute Gasteiger partial charge is 0.358 e. The van der Waals surface area contributed by atoms with Gasteiger partial charge in [0.2, 0.25) is 0 Å². The zero-order valence-electron chi connectivity index (χ0n) is 13.9. The number of nitrogens with zero attached hydrogens (tertiary/aromatic N) is 4. The summed E-state index contributed by atoms with van der Waals surface area (Å²) in [4.78, 5) is 13.5. The molecule has 25 heavy (non-hydrogen) atoms. The molecule has 0 unspecified atom stereocenters. The molecule has 0 N–H and O–H groups in total. The van der Waals surface area contributed by atoms with Crippen molar-refractivity contribution in [2.45, 2.75) is 13.3 Å². The predicted molar refractivity (Wildman–Crippen MR) is 94.3 cm³/mol. The van der Waals surface area contributed by atoms with Gasteiger partial charge in [-0.05, 0) is 29.3 Å². The van der Waals surface area contributed by atoms with Crippen molar-refractivity contribution in [2.75, 3.05) is 6.61 Å². The molecule has 1 heterocycles. The minimum Gasteiger partial charge on any atom is -0.461 e. The van der Waals surface area contributed by atoms with E-state index in [0.29, 0.717) is 12.2 Å². The van der Waals surface area contributed by atoms with Gasteiger partial charge in [-0.15, -0.1) is 15.0 Å². The van der Waals surface area contributed by atoms with Gasteiger partial charge in [0.1, 0.15) is 0 Å². The van der Waals surface area contributed by atoms with E-state index in [1.807, 2.05) is 60.7 Å². The van der Waals surface area contributed by atoms with Crippen LogP contribution in [0.1, 0.15) is 23.9 Å². The van der Waals surface area contributed by atoms with Gasteiger partial charge in [0.25, 0.3) is 0 Å². The molecule has 6 heteroatoms. The van der Waals surface area contributed by atoms with Crippen molar-refractivity contribution in [3.8, 4) is 0 Å². The lowest BCUT2D eigenvalue weighted by Crippen LogP contribution is -2.15. The highest BCUT2D eigenvalue weighted by Gasteiger charge is 2.17. The maximum atomic E-state index is 12.3. The fourth-order valence-electron chi connectivity index (χ4n) is 2.30. The molecular weight excluding hydrogens is 316 g/mol. The summed E-state index contributed by atoms with van der Waals surface area (Å²) in [6, 6.07) is 19.3. The van der Waals surface area contributed by atoms with Crippen LogP contribution in [0.4, 0.5) is 0 Å². The number of ether oxygens (including phenoxy) is 1. The van der Waals surface area contributed by atoms with E-state index in [2.05, 4.69) is 15.4 Å². The summed E-state index contributed by atoms with van der Waals surface area (Å²) < 4.78 is 5.12. The van der Waals surface area contributed by atoms with Crippen LogP contribution in [0.3, 0.4) is 0 Å². The van der Waals surface area contributed by atoms with Crippen LogP contribution in [0.5, 0.6) is 0 Å². The Morgan fingerprint density at radius 3 is 2.44 bits per heavy atom. The topological polar surface area (TPSA) is 69.9 Å². The highest BCUT2D eigenvalue weighted by Crippen LogP contribution is 2.12. The van der Waals surface area contributed by atoms with Crippen LogP contribution in [-0.4, -0.2) is 32.8 Å². The first-order valence-electron chi connectivity index (χ1n) is 8.03. The maximum absolute atomic E-state index is 12.3. The Bertz CT molecular complexity index is 857. The van der Waals surface area contributed by atoms with Crippen molar-refractivity contribution in [3.63, 3.8) is 0 Å². The van der Waals surface area contributed by atoms with Crippen LogP contribution >= 0.6 is 0 Å². The Kier molecular flexibility index (Phi) is 5.31. The Balaban J connectivity index is 1.89. The quantitative estimate of drug-likeness (QED) is 0.512. The van der Waals surface area contributed by atoms with Gasteiger partial charge < -0.3 is 4.74 Å². The lowest BCUT2D eigenvalue weighted by atomic mass is 10.1. The van der Waals surface area contributed by atoms with Crippen LogP contribution in [0.15, 0.2) is 60.7 Å². The molecule has 3 aromatic rings. The molecule has 0 atom stereocenters. The maximum Gasteiger partial charge on any atom is 0.358 e. The third-order valence-electron chi connectivity index (χ3n) is 3.46. The summed E-state index contributed by atoms with van der Waals surface area (Å²) >= 11 is 0. The van der Waals surface area contributed by atoms with E-state index in [9.17, 15) is 4.79 Å². The van der Waals surface area contributed by atoms with E-state index in [-0.39, 0.29) is 12.3 Å². The van der Waals surface area contributed by atoms with Crippen molar-refractivity contribution < 1.29 is 9.53 Å². The van der Waals surface area contributed by atoms with E-state index in [4.69, 9.17) is 4.74 Å². The molecule has 126 valence electrons. The molecule has 0 aliphatic carbocycles. The predicted octanol–water partition coefficient (Wildman–Crippen LogP) is 2.83. The Labute approximate surface area is 145 Å². The lowest BCUT2D eigenvalue weighted by Gasteiger charge is -2.05. The van der Waals surface area contributed by atoms with Gasteiger partial charge >= 0.3 is 5.97 Å². The van der Waals surface area contributed by atoms with E-state index in [1.165, 1.54) is 4.80 Å². The Morgan fingerprint density at radius 1 is 1.08 bits per heavy atom. The molecule has 1 aromatic heterocycles. The number of aromatic nitrogens is 4. The molecule has 0 radical (unpaired) electrons. The molecule has 0 saturated heterocycles. The molecule has 0 aliphatic rings. The molecule has 0 aliphatic heterocycles. The summed E-state index contributed by atoms with van der Waals surface area (Å²) in [5.41, 5.74) is 2.15. The molecule has 6 nitrogen and oxygen atoms in total. The largest absolute Gasteiger partial charge is 0.461 e. The van der Waals surface area contributed by atoms with Gasteiger partial charge in [-0.2, -0.15) is 0 Å². The third kappa shape index (κ3) is 4.38. The molecule has 0 amide bonds. The first-order valence-corrected chi connectivity index (χ1v) is 8.03. The van der Waals surface area contributed by atoms with Crippen molar-refractivity contribution in [1.82, 2.24) is 20.2 Å². The minimum atomic E-state index is -0.491. The summed E-state index contributed by atoms with van der Waals surface area (Å²) in [7, 11) is 0. The van der Waals surface area contributed by atoms with Gasteiger partial charge in [-0.1, -0.05) is 60.7 Å². The number of hydrogen-bond donors (Lipinski definition) is 0. The highest BCUT2D eigenvalue weighted by atomic mass is 16.5. The van der Waals surface area contributed by atoms with E-state index in [1.54, 1.807) is 13.0 Å². The number of rotatable bonds is 6. The second kappa shape index (κ2) is 8.01. The standard InChI is InChI=1S/C19H18N4O2/c1-2-25-19(24)17(13-15-9-5-3-6-10-15)23-21-18(20-22-23)14-16-11-7-4-8-12-16/h3-13H,2,14H2,1H3/b17-13-. The first-order chi connectivity index (χ1) is 12.3. The normalized spacial score (nSPS) is 11.3. The summed E-state index contributed by atoms with van der Waals surface area (Å²) in [5.74, 6) is 0.0458. The van der Waals surface area contributed by atoms with Crippen molar-refractivity contribution in [3.05, 3.63) is 77.6 Å². The fraction of sp³-hybridized carbons (Fsp3) is 0.158. The average molecular weight is 334 g/mol. The average Bonchev–Trinajstić information content (AvgIpc) is 3.09. The van der Waals surface area contributed by atoms with Crippen LogP contribution in [0.25, 0.3) is 11.8 Å². The number of tetrazole rings is 1. The zero-order valence-corrected chi connectivity index (χ0v) is 13.9. The van der Waals surface area contributed by atoms with Gasteiger partial charge in [0, 0.05) is 6.42 Å². The van der Waals surface area contributed by atoms with Gasteiger partial charge in [0.15, 0.2) is 11.5 Å². The second-order valence-corrected chi connectivity index (χ2v) is 5.32. The minimum absolute atomic E-state index is 0.222. The summed E-state index contributed by atoms with van der Waals surface area (Å²) in [6.45, 7) is 2.03. The summed E-state index contributed by atoms with van der Waals surface area (Å²) in [6.07, 6.45) is 2.23. The molecule has 0 saturated carbocycles. The van der Waals surface area contributed by atoms with E-state index in [0.717, 1.165) is 11.1 Å². The number of carbonyl (C=O) groups excluding carboxylic acids is 1. The number of hydrogen-bond acceptors (Lipinski definition) is 5. The summed E-state index contributed by atoms with van der Waals surface area (Å²) in [5, 5.41) is 12.4. The van der Waals surface area contributed by atoms with Crippen molar-refractivity contribution in [2.24, 2.45) is 0 Å². The monoisotopic (exact) mass is 334 g/mol. The Hall–Kier alpha value is -3.28. The van der Waals surface area contributed by atoms with Crippen LogP contribution in [0.2, 0.25) is 0 Å². The van der Waals surface area contributed by atoms with Gasteiger partial charge in [0.05, 0.1) is 6.61 Å². The molecule has 0 fully saturated rings. The van der Waals surface area contributed by atoms with Crippen molar-refractivity contribution in [1.29, 1.82) is 0 Å². The highest BCUT2D eigenvalue weighted by molar-refractivity contribution is 6.14. The van der Waals surface area contributed by atoms with Crippen molar-refractivity contribution >= 4 is 17.7 Å². The third-order valence-corrected chi connectivity index (χ3v) is 3.46. The molecule has 2 aromatic carbocycles. The molecule has 0 bridgehead atoms.